The maximum Gasteiger partial charge on any atom is 0.485 e. The van der Waals surface area contributed by atoms with E-state index < -0.39 is 15.6 Å². The van der Waals surface area contributed by atoms with Crippen LogP contribution in [0.1, 0.15) is 17.0 Å². The highest BCUT2D eigenvalue weighted by Crippen LogP contribution is 2.20. The van der Waals surface area contributed by atoms with Crippen molar-refractivity contribution in [2.75, 3.05) is 0 Å². The van der Waals surface area contributed by atoms with E-state index in [1.54, 1.807) is 0 Å². The molecule has 0 radical (unpaired) electrons. The molecular weight excluding hydrogens is 520 g/mol. The molecule has 0 saturated heterocycles. The SMILES string of the molecule is Cc1nn(Cc2ccccc2)c(C)c1[I+]c1ccccc1.O=S(=O)([O-])C(F)(F)F. The van der Waals surface area contributed by atoms with Gasteiger partial charge in [-0.05, 0) is 31.5 Å². The highest BCUT2D eigenvalue weighted by atomic mass is 127. The lowest BCUT2D eigenvalue weighted by atomic mass is 10.2. The third-order valence-corrected chi connectivity index (χ3v) is 7.70. The number of hydrogen-bond donors (Lipinski definition) is 0. The fourth-order valence-electron chi connectivity index (χ4n) is 2.31. The Morgan fingerprint density at radius 1 is 1.00 bits per heavy atom. The van der Waals surface area contributed by atoms with E-state index in [-0.39, 0.29) is 21.2 Å². The largest absolute Gasteiger partial charge is 0.741 e. The monoisotopic (exact) mass is 538 g/mol. The van der Waals surface area contributed by atoms with E-state index in [1.807, 2.05) is 0 Å². The molecule has 156 valence electrons. The van der Waals surface area contributed by atoms with Gasteiger partial charge < -0.3 is 4.55 Å². The quantitative estimate of drug-likeness (QED) is 0.279. The summed E-state index contributed by atoms with van der Waals surface area (Å²) in [6, 6.07) is 21.3. The normalized spacial score (nSPS) is 11.7. The van der Waals surface area contributed by atoms with Gasteiger partial charge in [0.15, 0.2) is 13.7 Å². The topological polar surface area (TPSA) is 75.0 Å². The second-order valence-corrected chi connectivity index (χ2v) is 10.2. The van der Waals surface area contributed by atoms with Gasteiger partial charge in [0.2, 0.25) is 3.57 Å². The van der Waals surface area contributed by atoms with E-state index in [1.165, 1.54) is 24.1 Å². The first-order valence-corrected chi connectivity index (χ1v) is 11.9. The molecule has 10 heteroatoms. The molecule has 2 aromatic carbocycles. The molecule has 0 saturated carbocycles. The summed E-state index contributed by atoms with van der Waals surface area (Å²) >= 11 is -0.153. The number of benzene rings is 2. The van der Waals surface area contributed by atoms with Crippen molar-refractivity contribution in [3.63, 3.8) is 0 Å². The summed E-state index contributed by atoms with van der Waals surface area (Å²) in [5.41, 5.74) is -1.85. The van der Waals surface area contributed by atoms with E-state index in [0.717, 1.165) is 6.54 Å². The average Bonchev–Trinajstić information content (AvgIpc) is 2.90. The predicted molar refractivity (Wildman–Crippen MR) is 96.8 cm³/mol. The van der Waals surface area contributed by atoms with E-state index in [9.17, 15) is 13.2 Å². The van der Waals surface area contributed by atoms with Crippen LogP contribution in [0, 0.1) is 21.0 Å². The summed E-state index contributed by atoms with van der Waals surface area (Å²) in [6.07, 6.45) is 0. The molecule has 29 heavy (non-hydrogen) atoms. The highest BCUT2D eigenvalue weighted by Gasteiger charge is 2.36. The summed E-state index contributed by atoms with van der Waals surface area (Å²) in [6.45, 7) is 5.18. The molecule has 3 rings (SSSR count). The second kappa shape index (κ2) is 9.72. The Balaban J connectivity index is 0.000000321. The summed E-state index contributed by atoms with van der Waals surface area (Å²) in [7, 11) is -6.09. The van der Waals surface area contributed by atoms with Gasteiger partial charge in [0.25, 0.3) is 0 Å². The molecule has 0 amide bonds. The highest BCUT2D eigenvalue weighted by molar-refractivity contribution is 7.86. The number of aromatic nitrogens is 2. The number of nitrogens with zero attached hydrogens (tertiary/aromatic N) is 2. The van der Waals surface area contributed by atoms with Crippen LogP contribution in [-0.2, 0) is 16.7 Å². The van der Waals surface area contributed by atoms with Gasteiger partial charge >= 0.3 is 26.7 Å². The van der Waals surface area contributed by atoms with Crippen LogP contribution >= 0.6 is 0 Å². The van der Waals surface area contributed by atoms with Gasteiger partial charge in [0.05, 0.1) is 12.2 Å². The van der Waals surface area contributed by atoms with Crippen LogP contribution in [0.2, 0.25) is 0 Å². The zero-order chi connectivity index (χ0) is 21.7. The maximum absolute atomic E-state index is 10.7. The van der Waals surface area contributed by atoms with Crippen molar-refractivity contribution in [2.24, 2.45) is 0 Å². The first-order chi connectivity index (χ1) is 13.5. The number of halogens is 4. The molecule has 0 aliphatic carbocycles. The van der Waals surface area contributed by atoms with Crippen molar-refractivity contribution in [1.82, 2.24) is 9.78 Å². The standard InChI is InChI=1S/C18H18IN2.CHF3O3S/c1-14-18(19-17-11-7-4-8-12-17)15(2)21(20-14)13-16-9-5-3-6-10-16;2-1(3,4)8(5,6)7/h3-12H,13H2,1-2H3;(H,5,6,7)/q+1;/p-1. The number of alkyl halides is 3. The Morgan fingerprint density at radius 3 is 1.97 bits per heavy atom. The lowest BCUT2D eigenvalue weighted by Crippen LogP contribution is -3.62. The van der Waals surface area contributed by atoms with E-state index in [4.69, 9.17) is 18.1 Å². The van der Waals surface area contributed by atoms with Gasteiger partial charge in [-0.1, -0.05) is 48.5 Å². The van der Waals surface area contributed by atoms with Crippen molar-refractivity contribution in [3.05, 3.63) is 84.8 Å². The molecule has 0 spiro atoms. The van der Waals surface area contributed by atoms with Crippen molar-refractivity contribution in [3.8, 4) is 0 Å². The number of hydrogen-bond acceptors (Lipinski definition) is 4. The lowest BCUT2D eigenvalue weighted by molar-refractivity contribution is -0.598. The summed E-state index contributed by atoms with van der Waals surface area (Å²) in [5.74, 6) is 0. The van der Waals surface area contributed by atoms with Crippen molar-refractivity contribution in [1.29, 1.82) is 0 Å². The first-order valence-electron chi connectivity index (χ1n) is 8.29. The Bertz CT molecular complexity index is 1040. The molecule has 0 atom stereocenters. The van der Waals surface area contributed by atoms with Crippen LogP contribution in [0.3, 0.4) is 0 Å². The lowest BCUT2D eigenvalue weighted by Gasteiger charge is -2.08. The molecule has 0 fully saturated rings. The summed E-state index contributed by atoms with van der Waals surface area (Å²) in [4.78, 5) is 0. The van der Waals surface area contributed by atoms with Crippen LogP contribution in [0.15, 0.2) is 60.7 Å². The fourth-order valence-corrected chi connectivity index (χ4v) is 4.87. The minimum Gasteiger partial charge on any atom is -0.741 e. The minimum absolute atomic E-state index is 0.153. The Morgan fingerprint density at radius 2 is 1.48 bits per heavy atom. The predicted octanol–water partition coefficient (Wildman–Crippen LogP) is 0.728. The number of aryl methyl sites for hydroxylation is 1. The van der Waals surface area contributed by atoms with E-state index in [0.29, 0.717) is 0 Å². The van der Waals surface area contributed by atoms with Gasteiger partial charge in [-0.2, -0.15) is 18.3 Å². The van der Waals surface area contributed by atoms with Crippen molar-refractivity contribution in [2.45, 2.75) is 25.9 Å². The van der Waals surface area contributed by atoms with Gasteiger partial charge in [0, 0.05) is 0 Å². The summed E-state index contributed by atoms with van der Waals surface area (Å²) < 4.78 is 63.9. The average molecular weight is 538 g/mol. The molecule has 0 unspecified atom stereocenters. The molecule has 1 heterocycles. The van der Waals surface area contributed by atoms with Crippen LogP contribution in [0.5, 0.6) is 0 Å². The molecule has 5 nitrogen and oxygen atoms in total. The van der Waals surface area contributed by atoms with Crippen molar-refractivity contribution >= 4 is 10.1 Å². The first kappa shape index (κ1) is 23.4. The second-order valence-electron chi connectivity index (χ2n) is 5.92. The zero-order valence-electron chi connectivity index (χ0n) is 15.5. The Kier molecular flexibility index (Phi) is 7.83. The minimum atomic E-state index is -6.09. The van der Waals surface area contributed by atoms with Gasteiger partial charge in [0.1, 0.15) is 5.69 Å². The molecule has 0 bridgehead atoms. The molecular formula is C19H18F3IN2O3S. The van der Waals surface area contributed by atoms with Crippen LogP contribution < -0.4 is 21.2 Å². The summed E-state index contributed by atoms with van der Waals surface area (Å²) in [5, 5.41) is 4.75. The van der Waals surface area contributed by atoms with Gasteiger partial charge in [-0.25, -0.2) is 8.42 Å². The third-order valence-electron chi connectivity index (χ3n) is 3.69. The molecule has 0 N–H and O–H groups in total. The van der Waals surface area contributed by atoms with Crippen LogP contribution in [0.4, 0.5) is 13.2 Å². The van der Waals surface area contributed by atoms with E-state index >= 15 is 0 Å². The van der Waals surface area contributed by atoms with Gasteiger partial charge in [-0.3, -0.25) is 4.68 Å². The maximum atomic E-state index is 10.7. The van der Waals surface area contributed by atoms with Crippen LogP contribution in [-0.4, -0.2) is 28.3 Å². The van der Waals surface area contributed by atoms with E-state index in [2.05, 4.69) is 79.2 Å². The van der Waals surface area contributed by atoms with Crippen molar-refractivity contribution < 1.29 is 47.3 Å². The molecule has 3 aromatic rings. The Labute approximate surface area is 177 Å². The molecule has 0 aliphatic rings. The Hall–Kier alpha value is -1.92. The zero-order valence-corrected chi connectivity index (χ0v) is 18.5. The number of rotatable bonds is 4. The van der Waals surface area contributed by atoms with Gasteiger partial charge in [-0.15, -0.1) is 0 Å². The molecule has 0 aliphatic heterocycles. The third kappa shape index (κ3) is 6.82. The van der Waals surface area contributed by atoms with Crippen LogP contribution in [0.25, 0.3) is 0 Å². The molecule has 1 aromatic heterocycles. The fraction of sp³-hybridized carbons (Fsp3) is 0.211. The smallest absolute Gasteiger partial charge is 0.485 e.